The van der Waals surface area contributed by atoms with Crippen molar-refractivity contribution in [1.82, 2.24) is 0 Å². The highest BCUT2D eigenvalue weighted by atomic mass is 16.5. The van der Waals surface area contributed by atoms with E-state index in [-0.39, 0.29) is 11.7 Å². The van der Waals surface area contributed by atoms with Gasteiger partial charge in [-0.2, -0.15) is 0 Å². The Morgan fingerprint density at radius 3 is 2.90 bits per heavy atom. The summed E-state index contributed by atoms with van der Waals surface area (Å²) in [7, 11) is 0. The number of Topliss-reactive ketones (excluding diaryl/α,β-unsaturated/α-hetero) is 1. The van der Waals surface area contributed by atoms with Crippen LogP contribution in [-0.4, -0.2) is 12.4 Å². The van der Waals surface area contributed by atoms with E-state index in [2.05, 4.69) is 0 Å². The summed E-state index contributed by atoms with van der Waals surface area (Å²) >= 11 is 0. The number of anilines is 1. The fourth-order valence-electron chi connectivity index (χ4n) is 2.68. The Bertz CT molecular complexity index is 636. The fourth-order valence-corrected chi connectivity index (χ4v) is 2.68. The van der Waals surface area contributed by atoms with Crippen LogP contribution in [0.25, 0.3) is 0 Å². The van der Waals surface area contributed by atoms with E-state index in [4.69, 9.17) is 10.5 Å². The minimum atomic E-state index is 0.138. The summed E-state index contributed by atoms with van der Waals surface area (Å²) in [5.41, 5.74) is 8.19. The van der Waals surface area contributed by atoms with Gasteiger partial charge in [-0.3, -0.25) is 4.79 Å². The SMILES string of the molecule is Nc1cccc(C(=O)CC2CCOc3ccccc32)c1. The third-order valence-electron chi connectivity index (χ3n) is 3.72. The Kier molecular flexibility index (Phi) is 3.42. The molecule has 2 aromatic rings. The van der Waals surface area contributed by atoms with E-state index in [1.165, 1.54) is 0 Å². The maximum atomic E-state index is 12.4. The van der Waals surface area contributed by atoms with Gasteiger partial charge in [-0.15, -0.1) is 0 Å². The Morgan fingerprint density at radius 2 is 2.05 bits per heavy atom. The van der Waals surface area contributed by atoms with E-state index in [1.807, 2.05) is 36.4 Å². The molecule has 3 nitrogen and oxygen atoms in total. The van der Waals surface area contributed by atoms with Gasteiger partial charge in [0.25, 0.3) is 0 Å². The number of hydrogen-bond donors (Lipinski definition) is 1. The molecular weight excluding hydrogens is 250 g/mol. The van der Waals surface area contributed by atoms with Crippen LogP contribution in [-0.2, 0) is 0 Å². The lowest BCUT2D eigenvalue weighted by atomic mass is 9.87. The van der Waals surface area contributed by atoms with Crippen LogP contribution in [0, 0.1) is 0 Å². The molecule has 0 fully saturated rings. The highest BCUT2D eigenvalue weighted by Gasteiger charge is 2.23. The Labute approximate surface area is 118 Å². The minimum Gasteiger partial charge on any atom is -0.493 e. The van der Waals surface area contributed by atoms with Crippen molar-refractivity contribution in [1.29, 1.82) is 0 Å². The number of nitrogen functional groups attached to an aromatic ring is 1. The van der Waals surface area contributed by atoms with Gasteiger partial charge in [-0.1, -0.05) is 30.3 Å². The van der Waals surface area contributed by atoms with Gasteiger partial charge in [0.1, 0.15) is 5.75 Å². The summed E-state index contributed by atoms with van der Waals surface area (Å²) in [6.45, 7) is 0.673. The second kappa shape index (κ2) is 5.37. The summed E-state index contributed by atoms with van der Waals surface area (Å²) in [6, 6.07) is 15.1. The second-order valence-electron chi connectivity index (χ2n) is 5.12. The molecule has 2 aromatic carbocycles. The smallest absolute Gasteiger partial charge is 0.163 e. The predicted octanol–water partition coefficient (Wildman–Crippen LogP) is 3.41. The lowest BCUT2D eigenvalue weighted by Crippen LogP contribution is -2.17. The molecule has 3 heteroatoms. The fraction of sp³-hybridized carbons (Fsp3) is 0.235. The summed E-state index contributed by atoms with van der Waals surface area (Å²) in [5.74, 6) is 1.28. The third-order valence-corrected chi connectivity index (χ3v) is 3.72. The molecule has 0 aliphatic carbocycles. The maximum absolute atomic E-state index is 12.4. The van der Waals surface area contributed by atoms with Gasteiger partial charge >= 0.3 is 0 Å². The first-order valence-corrected chi connectivity index (χ1v) is 6.84. The summed E-state index contributed by atoms with van der Waals surface area (Å²) in [4.78, 5) is 12.4. The molecule has 0 aromatic heterocycles. The highest BCUT2D eigenvalue weighted by Crippen LogP contribution is 2.36. The van der Waals surface area contributed by atoms with Crippen molar-refractivity contribution in [2.75, 3.05) is 12.3 Å². The number of ketones is 1. The Hall–Kier alpha value is -2.29. The van der Waals surface area contributed by atoms with Crippen molar-refractivity contribution in [2.24, 2.45) is 0 Å². The lowest BCUT2D eigenvalue weighted by Gasteiger charge is -2.25. The zero-order valence-electron chi connectivity index (χ0n) is 11.2. The molecule has 0 saturated carbocycles. The van der Waals surface area contributed by atoms with E-state index in [1.54, 1.807) is 12.1 Å². The number of carbonyl (C=O) groups excluding carboxylic acids is 1. The molecule has 0 spiro atoms. The number of benzene rings is 2. The molecule has 1 aliphatic rings. The van der Waals surface area contributed by atoms with Crippen molar-refractivity contribution in [2.45, 2.75) is 18.8 Å². The van der Waals surface area contributed by atoms with Crippen molar-refractivity contribution in [3.8, 4) is 5.75 Å². The number of fused-ring (bicyclic) bond motifs is 1. The van der Waals surface area contributed by atoms with Crippen LogP contribution in [0.5, 0.6) is 5.75 Å². The third kappa shape index (κ3) is 2.52. The molecule has 102 valence electrons. The van der Waals surface area contributed by atoms with E-state index in [0.717, 1.165) is 17.7 Å². The Balaban J connectivity index is 1.81. The summed E-state index contributed by atoms with van der Waals surface area (Å²) in [6.07, 6.45) is 1.38. The number of rotatable bonds is 3. The number of nitrogens with two attached hydrogens (primary N) is 1. The van der Waals surface area contributed by atoms with E-state index >= 15 is 0 Å². The standard InChI is InChI=1S/C17H17NO2/c18-14-5-3-4-13(10-14)16(19)11-12-8-9-20-17-7-2-1-6-15(12)17/h1-7,10,12H,8-9,11,18H2. The molecule has 0 bridgehead atoms. The van der Waals surface area contributed by atoms with Crippen LogP contribution >= 0.6 is 0 Å². The molecule has 0 amide bonds. The molecule has 1 heterocycles. The van der Waals surface area contributed by atoms with Gasteiger partial charge in [-0.25, -0.2) is 0 Å². The zero-order valence-corrected chi connectivity index (χ0v) is 11.2. The predicted molar refractivity (Wildman–Crippen MR) is 79.1 cm³/mol. The topological polar surface area (TPSA) is 52.3 Å². The molecule has 1 aliphatic heterocycles. The van der Waals surface area contributed by atoms with Crippen LogP contribution in [0.2, 0.25) is 0 Å². The number of carbonyl (C=O) groups is 1. The molecular formula is C17H17NO2. The largest absolute Gasteiger partial charge is 0.493 e. The normalized spacial score (nSPS) is 17.1. The van der Waals surface area contributed by atoms with Gasteiger partial charge < -0.3 is 10.5 Å². The Morgan fingerprint density at radius 1 is 1.20 bits per heavy atom. The average molecular weight is 267 g/mol. The van der Waals surface area contributed by atoms with Crippen LogP contribution in [0.15, 0.2) is 48.5 Å². The highest BCUT2D eigenvalue weighted by molar-refractivity contribution is 5.97. The number of ether oxygens (including phenoxy) is 1. The first kappa shape index (κ1) is 12.7. The van der Waals surface area contributed by atoms with Crippen molar-refractivity contribution < 1.29 is 9.53 Å². The molecule has 0 radical (unpaired) electrons. The van der Waals surface area contributed by atoms with E-state index in [0.29, 0.717) is 24.3 Å². The maximum Gasteiger partial charge on any atom is 0.163 e. The zero-order chi connectivity index (χ0) is 13.9. The average Bonchev–Trinajstić information content (AvgIpc) is 2.47. The first-order valence-electron chi connectivity index (χ1n) is 6.84. The van der Waals surface area contributed by atoms with Crippen molar-refractivity contribution in [3.05, 3.63) is 59.7 Å². The molecule has 0 saturated heterocycles. The number of hydrogen-bond acceptors (Lipinski definition) is 3. The van der Waals surface area contributed by atoms with Gasteiger partial charge in [0, 0.05) is 17.7 Å². The van der Waals surface area contributed by atoms with Crippen LogP contribution in [0.1, 0.15) is 34.7 Å². The summed E-state index contributed by atoms with van der Waals surface area (Å²) in [5, 5.41) is 0. The minimum absolute atomic E-state index is 0.138. The number of para-hydroxylation sites is 1. The monoisotopic (exact) mass is 267 g/mol. The van der Waals surface area contributed by atoms with Crippen LogP contribution < -0.4 is 10.5 Å². The molecule has 1 unspecified atom stereocenters. The van der Waals surface area contributed by atoms with Crippen LogP contribution in [0.3, 0.4) is 0 Å². The molecule has 1 atom stereocenters. The summed E-state index contributed by atoms with van der Waals surface area (Å²) < 4.78 is 5.63. The van der Waals surface area contributed by atoms with Gasteiger partial charge in [0.05, 0.1) is 6.61 Å². The quantitative estimate of drug-likeness (QED) is 0.685. The van der Waals surface area contributed by atoms with Gasteiger partial charge in [0.15, 0.2) is 5.78 Å². The van der Waals surface area contributed by atoms with Crippen molar-refractivity contribution in [3.63, 3.8) is 0 Å². The molecule has 2 N–H and O–H groups in total. The van der Waals surface area contributed by atoms with E-state index < -0.39 is 0 Å². The van der Waals surface area contributed by atoms with Gasteiger partial charge in [-0.05, 0) is 36.1 Å². The van der Waals surface area contributed by atoms with Crippen LogP contribution in [0.4, 0.5) is 5.69 Å². The van der Waals surface area contributed by atoms with Gasteiger partial charge in [0.2, 0.25) is 0 Å². The van der Waals surface area contributed by atoms with Crippen molar-refractivity contribution >= 4 is 11.5 Å². The second-order valence-corrected chi connectivity index (χ2v) is 5.12. The molecule has 3 rings (SSSR count). The molecule has 20 heavy (non-hydrogen) atoms. The van der Waals surface area contributed by atoms with E-state index in [9.17, 15) is 4.79 Å². The lowest BCUT2D eigenvalue weighted by molar-refractivity contribution is 0.0966. The first-order chi connectivity index (χ1) is 9.74.